The Labute approximate surface area is 75.2 Å². The molecule has 1 aliphatic rings. The quantitative estimate of drug-likeness (QED) is 0.651. The summed E-state index contributed by atoms with van der Waals surface area (Å²) in [6.07, 6.45) is 3.77. The summed E-state index contributed by atoms with van der Waals surface area (Å²) >= 11 is 0. The van der Waals surface area contributed by atoms with Gasteiger partial charge in [0.25, 0.3) is 0 Å². The van der Waals surface area contributed by atoms with Crippen molar-refractivity contribution in [2.45, 2.75) is 52.4 Å². The second-order valence-electron chi connectivity index (χ2n) is 3.55. The van der Waals surface area contributed by atoms with Gasteiger partial charge in [0, 0.05) is 5.92 Å². The topological polar surface area (TPSA) is 18.5 Å². The molecule has 0 bridgehead atoms. The molecule has 2 heteroatoms. The lowest BCUT2D eigenvalue weighted by atomic mass is 10.0. The molecule has 0 saturated carbocycles. The molecule has 0 spiro atoms. The molecule has 1 saturated heterocycles. The molecule has 1 heterocycles. The minimum atomic E-state index is 0.0590. The van der Waals surface area contributed by atoms with Crippen LogP contribution in [0.2, 0.25) is 0 Å². The maximum Gasteiger partial charge on any atom is 0.160 e. The van der Waals surface area contributed by atoms with E-state index in [1.807, 2.05) is 0 Å². The Morgan fingerprint density at radius 2 is 2.00 bits per heavy atom. The summed E-state index contributed by atoms with van der Waals surface area (Å²) < 4.78 is 11.3. The van der Waals surface area contributed by atoms with Crippen molar-refractivity contribution < 1.29 is 9.47 Å². The predicted molar refractivity (Wildman–Crippen MR) is 49.0 cm³/mol. The van der Waals surface area contributed by atoms with Crippen LogP contribution in [0.15, 0.2) is 0 Å². The van der Waals surface area contributed by atoms with Crippen molar-refractivity contribution in [1.82, 2.24) is 0 Å². The first kappa shape index (κ1) is 10.0. The van der Waals surface area contributed by atoms with Crippen molar-refractivity contribution in [3.8, 4) is 0 Å². The third-order valence-corrected chi connectivity index (χ3v) is 2.61. The van der Waals surface area contributed by atoms with E-state index in [1.165, 1.54) is 0 Å². The van der Waals surface area contributed by atoms with E-state index in [2.05, 4.69) is 20.8 Å². The highest BCUT2D eigenvalue weighted by molar-refractivity contribution is 4.65. The number of hydrogen-bond acceptors (Lipinski definition) is 2. The molecule has 2 unspecified atom stereocenters. The third kappa shape index (κ3) is 2.46. The molecule has 0 N–H and O–H groups in total. The third-order valence-electron chi connectivity index (χ3n) is 2.61. The predicted octanol–water partition coefficient (Wildman–Crippen LogP) is 2.57. The maximum atomic E-state index is 5.71. The van der Waals surface area contributed by atoms with Crippen LogP contribution in [-0.2, 0) is 9.47 Å². The van der Waals surface area contributed by atoms with E-state index < -0.39 is 0 Å². The monoisotopic (exact) mass is 172 g/mol. The van der Waals surface area contributed by atoms with E-state index in [9.17, 15) is 0 Å². The highest BCUT2D eigenvalue weighted by Crippen LogP contribution is 2.23. The highest BCUT2D eigenvalue weighted by atomic mass is 16.7. The Hall–Kier alpha value is -0.0800. The van der Waals surface area contributed by atoms with Crippen LogP contribution < -0.4 is 0 Å². The molecule has 0 aromatic rings. The average Bonchev–Trinajstić information content (AvgIpc) is 2.07. The summed E-state index contributed by atoms with van der Waals surface area (Å²) in [5.74, 6) is 0.577. The van der Waals surface area contributed by atoms with E-state index in [4.69, 9.17) is 9.47 Å². The molecule has 0 aliphatic carbocycles. The summed E-state index contributed by atoms with van der Waals surface area (Å²) in [4.78, 5) is 0. The summed E-state index contributed by atoms with van der Waals surface area (Å²) in [7, 11) is 0. The van der Waals surface area contributed by atoms with Crippen LogP contribution in [0.1, 0.15) is 40.0 Å². The molecule has 0 aromatic heterocycles. The second kappa shape index (κ2) is 4.83. The summed E-state index contributed by atoms with van der Waals surface area (Å²) in [5.41, 5.74) is 0. The van der Waals surface area contributed by atoms with Gasteiger partial charge < -0.3 is 9.47 Å². The van der Waals surface area contributed by atoms with Crippen molar-refractivity contribution in [3.05, 3.63) is 0 Å². The standard InChI is InChI=1S/C10H20O2/c1-4-9(5-2)10-11-7-6-8(3)12-10/h8-10H,4-7H2,1-3H3. The van der Waals surface area contributed by atoms with Crippen molar-refractivity contribution >= 4 is 0 Å². The first-order chi connectivity index (χ1) is 5.77. The first-order valence-corrected chi connectivity index (χ1v) is 5.05. The molecule has 0 radical (unpaired) electrons. The van der Waals surface area contributed by atoms with Gasteiger partial charge in [0.05, 0.1) is 12.7 Å². The Bertz CT molecular complexity index is 121. The number of ether oxygens (including phenoxy) is 2. The van der Waals surface area contributed by atoms with Gasteiger partial charge in [-0.1, -0.05) is 13.8 Å². The molecule has 12 heavy (non-hydrogen) atoms. The van der Waals surface area contributed by atoms with Crippen LogP contribution in [0.25, 0.3) is 0 Å². The average molecular weight is 172 g/mol. The molecular formula is C10H20O2. The summed E-state index contributed by atoms with van der Waals surface area (Å²) in [5, 5.41) is 0. The van der Waals surface area contributed by atoms with Crippen molar-refractivity contribution in [3.63, 3.8) is 0 Å². The van der Waals surface area contributed by atoms with Gasteiger partial charge in [-0.25, -0.2) is 0 Å². The van der Waals surface area contributed by atoms with Crippen LogP contribution in [-0.4, -0.2) is 19.0 Å². The summed E-state index contributed by atoms with van der Waals surface area (Å²) in [6.45, 7) is 7.38. The fourth-order valence-electron chi connectivity index (χ4n) is 1.61. The van der Waals surface area contributed by atoms with Gasteiger partial charge in [0.2, 0.25) is 0 Å². The second-order valence-corrected chi connectivity index (χ2v) is 3.55. The van der Waals surface area contributed by atoms with Crippen LogP contribution in [0.3, 0.4) is 0 Å². The normalized spacial score (nSPS) is 31.0. The zero-order chi connectivity index (χ0) is 8.97. The Morgan fingerprint density at radius 3 is 2.50 bits per heavy atom. The van der Waals surface area contributed by atoms with Crippen LogP contribution in [0.5, 0.6) is 0 Å². The molecule has 1 rings (SSSR count). The largest absolute Gasteiger partial charge is 0.352 e. The minimum Gasteiger partial charge on any atom is -0.352 e. The van der Waals surface area contributed by atoms with Gasteiger partial charge in [-0.2, -0.15) is 0 Å². The van der Waals surface area contributed by atoms with Gasteiger partial charge in [0.15, 0.2) is 6.29 Å². The molecule has 1 fully saturated rings. The SMILES string of the molecule is CCC(CC)C1OCCC(C)O1. The van der Waals surface area contributed by atoms with Gasteiger partial charge in [-0.3, -0.25) is 0 Å². The Morgan fingerprint density at radius 1 is 1.33 bits per heavy atom. The van der Waals surface area contributed by atoms with Gasteiger partial charge in [0.1, 0.15) is 0 Å². The Kier molecular flexibility index (Phi) is 4.02. The zero-order valence-electron chi connectivity index (χ0n) is 8.38. The number of hydrogen-bond donors (Lipinski definition) is 0. The van der Waals surface area contributed by atoms with Crippen molar-refractivity contribution in [2.75, 3.05) is 6.61 Å². The lowest BCUT2D eigenvalue weighted by molar-refractivity contribution is -0.232. The van der Waals surface area contributed by atoms with Crippen LogP contribution in [0, 0.1) is 5.92 Å². The molecule has 1 aliphatic heterocycles. The zero-order valence-corrected chi connectivity index (χ0v) is 8.38. The Balaban J connectivity index is 2.38. The highest BCUT2D eigenvalue weighted by Gasteiger charge is 2.25. The fourth-order valence-corrected chi connectivity index (χ4v) is 1.61. The van der Waals surface area contributed by atoms with E-state index in [-0.39, 0.29) is 6.29 Å². The molecular weight excluding hydrogens is 152 g/mol. The van der Waals surface area contributed by atoms with Crippen LogP contribution >= 0.6 is 0 Å². The molecule has 72 valence electrons. The van der Waals surface area contributed by atoms with E-state index in [0.29, 0.717) is 12.0 Å². The maximum absolute atomic E-state index is 5.71. The molecule has 2 atom stereocenters. The molecule has 2 nitrogen and oxygen atoms in total. The van der Waals surface area contributed by atoms with Crippen molar-refractivity contribution in [2.24, 2.45) is 5.92 Å². The fraction of sp³-hybridized carbons (Fsp3) is 1.00. The van der Waals surface area contributed by atoms with E-state index >= 15 is 0 Å². The molecule has 0 amide bonds. The lowest BCUT2D eigenvalue weighted by Crippen LogP contribution is -2.35. The van der Waals surface area contributed by atoms with E-state index in [0.717, 1.165) is 25.9 Å². The van der Waals surface area contributed by atoms with Crippen LogP contribution in [0.4, 0.5) is 0 Å². The summed E-state index contributed by atoms with van der Waals surface area (Å²) in [6, 6.07) is 0. The molecule has 0 aromatic carbocycles. The van der Waals surface area contributed by atoms with E-state index in [1.54, 1.807) is 0 Å². The minimum absolute atomic E-state index is 0.0590. The van der Waals surface area contributed by atoms with Gasteiger partial charge in [-0.05, 0) is 26.2 Å². The van der Waals surface area contributed by atoms with Gasteiger partial charge in [-0.15, -0.1) is 0 Å². The smallest absolute Gasteiger partial charge is 0.160 e. The van der Waals surface area contributed by atoms with Gasteiger partial charge >= 0.3 is 0 Å². The lowest BCUT2D eigenvalue weighted by Gasteiger charge is -2.32. The number of rotatable bonds is 3. The first-order valence-electron chi connectivity index (χ1n) is 5.05. The van der Waals surface area contributed by atoms with Crippen molar-refractivity contribution in [1.29, 1.82) is 0 Å².